The lowest BCUT2D eigenvalue weighted by atomic mass is 10.3. The Hall–Kier alpha value is -1.10. The number of hydrogen-bond acceptors (Lipinski definition) is 2. The van der Waals surface area contributed by atoms with Gasteiger partial charge in [0, 0.05) is 4.90 Å². The summed E-state index contributed by atoms with van der Waals surface area (Å²) in [5, 5.41) is 7.77. The molecule has 0 fully saturated rings. The van der Waals surface area contributed by atoms with E-state index < -0.39 is 22.9 Å². The Morgan fingerprint density at radius 2 is 2.14 bits per heavy atom. The quantitative estimate of drug-likeness (QED) is 0.792. The third-order valence-electron chi connectivity index (χ3n) is 1.54. The molecule has 0 aliphatic carbocycles. The molecule has 5 heteroatoms. The topological polar surface area (TPSA) is 37.3 Å². The number of hydrogen-bond donors (Lipinski definition) is 1. The maximum atomic E-state index is 13.0. The molecule has 0 saturated heterocycles. The molecule has 0 saturated carbocycles. The maximum absolute atomic E-state index is 13.0. The fraction of sp³-hybridized carbons (Fsp3) is 0.222. The van der Waals surface area contributed by atoms with Crippen molar-refractivity contribution in [3.05, 3.63) is 29.8 Å². The highest BCUT2D eigenvalue weighted by molar-refractivity contribution is 8.00. The van der Waals surface area contributed by atoms with Crippen LogP contribution in [0, 0.1) is 11.6 Å². The van der Waals surface area contributed by atoms with Crippen molar-refractivity contribution in [1.82, 2.24) is 0 Å². The van der Waals surface area contributed by atoms with Crippen molar-refractivity contribution in [2.24, 2.45) is 0 Å². The van der Waals surface area contributed by atoms with Crippen molar-refractivity contribution in [3.63, 3.8) is 0 Å². The van der Waals surface area contributed by atoms with E-state index in [2.05, 4.69) is 0 Å². The molecule has 0 aromatic heterocycles. The van der Waals surface area contributed by atoms with Gasteiger partial charge in [0.05, 0.1) is 0 Å². The summed E-state index contributed by atoms with van der Waals surface area (Å²) in [6.07, 6.45) is 0. The number of halogens is 2. The Morgan fingerprint density at radius 1 is 1.50 bits per heavy atom. The van der Waals surface area contributed by atoms with Gasteiger partial charge >= 0.3 is 5.97 Å². The smallest absolute Gasteiger partial charge is 0.316 e. The number of carboxylic acid groups (broad SMARTS) is 1. The Kier molecular flexibility index (Phi) is 3.46. The molecule has 0 heterocycles. The van der Waals surface area contributed by atoms with Crippen LogP contribution < -0.4 is 0 Å². The number of carboxylic acids is 1. The molecule has 14 heavy (non-hydrogen) atoms. The third kappa shape index (κ3) is 2.70. The SMILES string of the molecule is CC(Sc1cc(F)ccc1F)C(=O)O. The second kappa shape index (κ2) is 4.41. The van der Waals surface area contributed by atoms with Gasteiger partial charge < -0.3 is 5.11 Å². The van der Waals surface area contributed by atoms with E-state index >= 15 is 0 Å². The molecule has 1 aromatic carbocycles. The minimum Gasteiger partial charge on any atom is -0.480 e. The van der Waals surface area contributed by atoms with Crippen LogP contribution in [0.3, 0.4) is 0 Å². The average molecular weight is 218 g/mol. The molecule has 0 amide bonds. The second-order valence-corrected chi connectivity index (χ2v) is 4.06. The summed E-state index contributed by atoms with van der Waals surface area (Å²) in [4.78, 5) is 10.5. The van der Waals surface area contributed by atoms with E-state index in [1.54, 1.807) is 0 Å². The number of carbonyl (C=O) groups is 1. The molecular weight excluding hydrogens is 210 g/mol. The Balaban J connectivity index is 2.85. The predicted molar refractivity (Wildman–Crippen MR) is 49.3 cm³/mol. The molecule has 1 atom stereocenters. The van der Waals surface area contributed by atoms with Crippen LogP contribution in [-0.2, 0) is 4.79 Å². The molecule has 1 rings (SSSR count). The maximum Gasteiger partial charge on any atom is 0.316 e. The van der Waals surface area contributed by atoms with Crippen LogP contribution in [-0.4, -0.2) is 16.3 Å². The highest BCUT2D eigenvalue weighted by Crippen LogP contribution is 2.26. The zero-order valence-electron chi connectivity index (χ0n) is 7.33. The van der Waals surface area contributed by atoms with E-state index in [4.69, 9.17) is 5.11 Å². The highest BCUT2D eigenvalue weighted by atomic mass is 32.2. The summed E-state index contributed by atoms with van der Waals surface area (Å²) in [5.41, 5.74) is 0. The molecule has 1 aromatic rings. The van der Waals surface area contributed by atoms with Crippen LogP contribution in [0.25, 0.3) is 0 Å². The third-order valence-corrected chi connectivity index (χ3v) is 2.67. The number of rotatable bonds is 3. The van der Waals surface area contributed by atoms with Crippen LogP contribution in [0.15, 0.2) is 23.1 Å². The van der Waals surface area contributed by atoms with Crippen LogP contribution in [0.4, 0.5) is 8.78 Å². The van der Waals surface area contributed by atoms with E-state index in [-0.39, 0.29) is 4.90 Å². The van der Waals surface area contributed by atoms with Crippen molar-refractivity contribution < 1.29 is 18.7 Å². The molecule has 2 nitrogen and oxygen atoms in total. The van der Waals surface area contributed by atoms with Gasteiger partial charge in [-0.3, -0.25) is 4.79 Å². The zero-order valence-corrected chi connectivity index (χ0v) is 8.15. The van der Waals surface area contributed by atoms with Crippen molar-refractivity contribution >= 4 is 17.7 Å². The van der Waals surface area contributed by atoms with Crippen molar-refractivity contribution in [1.29, 1.82) is 0 Å². The van der Waals surface area contributed by atoms with E-state index in [1.807, 2.05) is 0 Å². The first-order valence-corrected chi connectivity index (χ1v) is 4.73. The summed E-state index contributed by atoms with van der Waals surface area (Å²) in [6.45, 7) is 1.41. The van der Waals surface area contributed by atoms with Gasteiger partial charge in [-0.15, -0.1) is 11.8 Å². The van der Waals surface area contributed by atoms with Gasteiger partial charge in [-0.2, -0.15) is 0 Å². The van der Waals surface area contributed by atoms with Crippen molar-refractivity contribution in [2.45, 2.75) is 17.1 Å². The second-order valence-electron chi connectivity index (χ2n) is 2.67. The first-order valence-electron chi connectivity index (χ1n) is 3.85. The lowest BCUT2D eigenvalue weighted by Gasteiger charge is -2.06. The molecule has 76 valence electrons. The molecule has 0 spiro atoms. The van der Waals surface area contributed by atoms with E-state index in [0.717, 1.165) is 30.0 Å². The number of thioether (sulfide) groups is 1. The first kappa shape index (κ1) is 11.0. The van der Waals surface area contributed by atoms with Crippen LogP contribution in [0.1, 0.15) is 6.92 Å². The van der Waals surface area contributed by atoms with Gasteiger partial charge in [0.25, 0.3) is 0 Å². The largest absolute Gasteiger partial charge is 0.480 e. The van der Waals surface area contributed by atoms with Crippen molar-refractivity contribution in [2.75, 3.05) is 0 Å². The van der Waals surface area contributed by atoms with Gasteiger partial charge in [-0.05, 0) is 25.1 Å². The summed E-state index contributed by atoms with van der Waals surface area (Å²) in [7, 11) is 0. The van der Waals surface area contributed by atoms with Crippen molar-refractivity contribution in [3.8, 4) is 0 Å². The Morgan fingerprint density at radius 3 is 2.71 bits per heavy atom. The number of benzene rings is 1. The van der Waals surface area contributed by atoms with E-state index in [9.17, 15) is 13.6 Å². The van der Waals surface area contributed by atoms with E-state index in [1.165, 1.54) is 6.92 Å². The molecular formula is C9H8F2O2S. The molecule has 0 aliphatic heterocycles. The minimum atomic E-state index is -1.06. The normalized spacial score (nSPS) is 12.5. The molecule has 0 bridgehead atoms. The molecule has 0 aliphatic rings. The molecule has 1 N–H and O–H groups in total. The lowest BCUT2D eigenvalue weighted by molar-refractivity contribution is -0.136. The van der Waals surface area contributed by atoms with Gasteiger partial charge in [0.15, 0.2) is 0 Å². The monoisotopic (exact) mass is 218 g/mol. The first-order chi connectivity index (χ1) is 6.50. The predicted octanol–water partition coefficient (Wildman–Crippen LogP) is 2.53. The van der Waals surface area contributed by atoms with Gasteiger partial charge in [0.2, 0.25) is 0 Å². The number of aliphatic carboxylic acids is 1. The summed E-state index contributed by atoms with van der Waals surface area (Å²) in [5.74, 6) is -2.24. The van der Waals surface area contributed by atoms with Gasteiger partial charge in [0.1, 0.15) is 16.9 Å². The summed E-state index contributed by atoms with van der Waals surface area (Å²) in [6, 6.07) is 2.95. The fourth-order valence-electron chi connectivity index (χ4n) is 0.808. The summed E-state index contributed by atoms with van der Waals surface area (Å²) >= 11 is 0.778. The van der Waals surface area contributed by atoms with Crippen LogP contribution in [0.5, 0.6) is 0 Å². The highest BCUT2D eigenvalue weighted by Gasteiger charge is 2.15. The minimum absolute atomic E-state index is 0.0138. The lowest BCUT2D eigenvalue weighted by Crippen LogP contribution is -2.11. The standard InChI is InChI=1S/C9H8F2O2S/c1-5(9(12)13)14-8-4-6(10)2-3-7(8)11/h2-5H,1H3,(H,12,13). The Bertz CT molecular complexity index is 355. The van der Waals surface area contributed by atoms with E-state index in [0.29, 0.717) is 0 Å². The average Bonchev–Trinajstić information content (AvgIpc) is 2.11. The zero-order chi connectivity index (χ0) is 10.7. The van der Waals surface area contributed by atoms with Crippen LogP contribution in [0.2, 0.25) is 0 Å². The molecule has 1 unspecified atom stereocenters. The fourth-order valence-corrected chi connectivity index (χ4v) is 1.65. The molecule has 0 radical (unpaired) electrons. The van der Waals surface area contributed by atoms with Gasteiger partial charge in [-0.25, -0.2) is 8.78 Å². The van der Waals surface area contributed by atoms with Gasteiger partial charge in [-0.1, -0.05) is 0 Å². The van der Waals surface area contributed by atoms with Crippen LogP contribution >= 0.6 is 11.8 Å². The summed E-state index contributed by atoms with van der Waals surface area (Å²) < 4.78 is 25.7. The Labute approximate surface area is 83.9 Å².